The SMILES string of the molecule is C=C(CC)/C(Cl)=C(/N[C@@H](C)c1ccc(C)cc1Cl)n1ncnc1N. The molecule has 0 radical (unpaired) electrons. The second kappa shape index (κ2) is 7.73. The molecule has 0 aliphatic carbocycles. The molecule has 24 heavy (non-hydrogen) atoms. The quantitative estimate of drug-likeness (QED) is 0.739. The highest BCUT2D eigenvalue weighted by Crippen LogP contribution is 2.28. The number of nitrogens with one attached hydrogen (secondary N) is 1. The molecule has 1 aromatic carbocycles. The number of aromatic nitrogens is 3. The average Bonchev–Trinajstić information content (AvgIpc) is 2.96. The standard InChI is InChI=1S/C17H21Cl2N5/c1-5-11(3)15(19)16(24-17(20)21-9-22-24)23-12(4)13-7-6-10(2)8-14(13)18/h6-9,12,23H,3,5H2,1-2,4H3,(H2,20,21,22)/b16-15+/t12-/m0/s1. The van der Waals surface area contributed by atoms with Crippen molar-refractivity contribution in [1.29, 1.82) is 0 Å². The van der Waals surface area contributed by atoms with Gasteiger partial charge >= 0.3 is 0 Å². The molecule has 2 rings (SSSR count). The molecule has 1 atom stereocenters. The summed E-state index contributed by atoms with van der Waals surface area (Å²) >= 11 is 12.9. The predicted molar refractivity (Wildman–Crippen MR) is 101 cm³/mol. The summed E-state index contributed by atoms with van der Waals surface area (Å²) in [6, 6.07) is 5.81. The van der Waals surface area contributed by atoms with Gasteiger partial charge in [-0.2, -0.15) is 14.8 Å². The monoisotopic (exact) mass is 365 g/mol. The van der Waals surface area contributed by atoms with E-state index in [0.29, 0.717) is 22.3 Å². The van der Waals surface area contributed by atoms with Gasteiger partial charge in [0.15, 0.2) is 5.82 Å². The molecule has 1 heterocycles. The number of hydrogen-bond acceptors (Lipinski definition) is 4. The molecule has 0 fully saturated rings. The Morgan fingerprint density at radius 1 is 1.46 bits per heavy atom. The fourth-order valence-corrected chi connectivity index (χ4v) is 2.90. The van der Waals surface area contributed by atoms with Crippen molar-refractivity contribution in [3.63, 3.8) is 0 Å². The third-order valence-corrected chi connectivity index (χ3v) is 4.48. The second-order valence-electron chi connectivity index (χ2n) is 5.54. The van der Waals surface area contributed by atoms with Crippen LogP contribution in [0.15, 0.2) is 41.7 Å². The van der Waals surface area contributed by atoms with E-state index in [1.54, 1.807) is 0 Å². The fraction of sp³-hybridized carbons (Fsp3) is 0.294. The lowest BCUT2D eigenvalue weighted by Crippen LogP contribution is -2.24. The first-order chi connectivity index (χ1) is 11.3. The van der Waals surface area contributed by atoms with Gasteiger partial charge < -0.3 is 11.1 Å². The van der Waals surface area contributed by atoms with Gasteiger partial charge in [0, 0.05) is 5.02 Å². The van der Waals surface area contributed by atoms with E-state index in [1.807, 2.05) is 39.0 Å². The van der Waals surface area contributed by atoms with Crippen molar-refractivity contribution < 1.29 is 0 Å². The molecule has 1 aromatic heterocycles. The molecular formula is C17H21Cl2N5. The van der Waals surface area contributed by atoms with Crippen LogP contribution in [0.25, 0.3) is 5.82 Å². The number of allylic oxidation sites excluding steroid dienone is 2. The molecule has 0 aliphatic heterocycles. The van der Waals surface area contributed by atoms with Crippen LogP contribution in [0.3, 0.4) is 0 Å². The van der Waals surface area contributed by atoms with E-state index in [2.05, 4.69) is 22.0 Å². The third kappa shape index (κ3) is 3.91. The van der Waals surface area contributed by atoms with Crippen LogP contribution in [0.5, 0.6) is 0 Å². The molecule has 0 saturated heterocycles. The number of halogens is 2. The van der Waals surface area contributed by atoms with E-state index in [4.69, 9.17) is 28.9 Å². The van der Waals surface area contributed by atoms with Gasteiger partial charge in [0.2, 0.25) is 5.95 Å². The maximum absolute atomic E-state index is 6.50. The van der Waals surface area contributed by atoms with Crippen molar-refractivity contribution in [2.75, 3.05) is 5.73 Å². The van der Waals surface area contributed by atoms with E-state index in [0.717, 1.165) is 16.7 Å². The summed E-state index contributed by atoms with van der Waals surface area (Å²) in [5, 5.41) is 8.62. The van der Waals surface area contributed by atoms with Crippen molar-refractivity contribution >= 4 is 35.0 Å². The largest absolute Gasteiger partial charge is 0.368 e. The van der Waals surface area contributed by atoms with Gasteiger partial charge in [-0.15, -0.1) is 0 Å². The van der Waals surface area contributed by atoms with Crippen LogP contribution < -0.4 is 11.1 Å². The summed E-state index contributed by atoms with van der Waals surface area (Å²) < 4.78 is 1.46. The van der Waals surface area contributed by atoms with Gasteiger partial charge in [-0.25, -0.2) is 0 Å². The normalized spacial score (nSPS) is 13.4. The highest BCUT2D eigenvalue weighted by Gasteiger charge is 2.18. The summed E-state index contributed by atoms with van der Waals surface area (Å²) in [5.41, 5.74) is 8.71. The highest BCUT2D eigenvalue weighted by atomic mass is 35.5. The smallest absolute Gasteiger partial charge is 0.224 e. The number of hydrogen-bond donors (Lipinski definition) is 2. The van der Waals surface area contributed by atoms with E-state index in [1.165, 1.54) is 11.0 Å². The Labute approximate surface area is 152 Å². The Bertz CT molecular complexity index is 779. The second-order valence-corrected chi connectivity index (χ2v) is 6.33. The van der Waals surface area contributed by atoms with Gasteiger partial charge in [-0.1, -0.05) is 48.8 Å². The summed E-state index contributed by atoms with van der Waals surface area (Å²) in [7, 11) is 0. The molecule has 0 bridgehead atoms. The molecule has 0 amide bonds. The van der Waals surface area contributed by atoms with Crippen molar-refractivity contribution in [2.45, 2.75) is 33.2 Å². The first-order valence-electron chi connectivity index (χ1n) is 7.61. The maximum atomic E-state index is 6.50. The number of benzene rings is 1. The summed E-state index contributed by atoms with van der Waals surface area (Å²) in [6.45, 7) is 9.95. The summed E-state index contributed by atoms with van der Waals surface area (Å²) in [5.74, 6) is 0.768. The minimum Gasteiger partial charge on any atom is -0.368 e. The zero-order chi connectivity index (χ0) is 17.9. The summed E-state index contributed by atoms with van der Waals surface area (Å²) in [6.07, 6.45) is 2.08. The lowest BCUT2D eigenvalue weighted by molar-refractivity contribution is 0.658. The molecule has 5 nitrogen and oxygen atoms in total. The molecule has 128 valence electrons. The van der Waals surface area contributed by atoms with Gasteiger partial charge in [0.25, 0.3) is 0 Å². The van der Waals surface area contributed by atoms with Crippen LogP contribution in [-0.4, -0.2) is 14.8 Å². The molecule has 0 saturated carbocycles. The topological polar surface area (TPSA) is 68.8 Å². The Morgan fingerprint density at radius 3 is 2.71 bits per heavy atom. The Morgan fingerprint density at radius 2 is 2.17 bits per heavy atom. The van der Waals surface area contributed by atoms with Crippen molar-refractivity contribution in [1.82, 2.24) is 20.1 Å². The molecular weight excluding hydrogens is 345 g/mol. The van der Waals surface area contributed by atoms with Crippen LogP contribution in [-0.2, 0) is 0 Å². The minimum absolute atomic E-state index is 0.116. The molecule has 7 heteroatoms. The van der Waals surface area contributed by atoms with Crippen LogP contribution in [0.2, 0.25) is 5.02 Å². The van der Waals surface area contributed by atoms with Crippen LogP contribution >= 0.6 is 23.2 Å². The molecule has 2 aromatic rings. The first kappa shape index (κ1) is 18.4. The maximum Gasteiger partial charge on any atom is 0.224 e. The Kier molecular flexibility index (Phi) is 5.91. The number of nitrogen functional groups attached to an aromatic ring is 1. The van der Waals surface area contributed by atoms with E-state index < -0.39 is 0 Å². The Balaban J connectivity index is 2.42. The van der Waals surface area contributed by atoms with Crippen molar-refractivity contribution in [2.24, 2.45) is 0 Å². The van der Waals surface area contributed by atoms with Crippen LogP contribution in [0.1, 0.15) is 37.4 Å². The van der Waals surface area contributed by atoms with Gasteiger partial charge in [-0.05, 0) is 43.0 Å². The van der Waals surface area contributed by atoms with Crippen molar-refractivity contribution in [3.05, 3.63) is 57.9 Å². The van der Waals surface area contributed by atoms with Crippen LogP contribution in [0.4, 0.5) is 5.95 Å². The zero-order valence-electron chi connectivity index (χ0n) is 14.0. The van der Waals surface area contributed by atoms with E-state index >= 15 is 0 Å². The van der Waals surface area contributed by atoms with Gasteiger partial charge in [0.1, 0.15) is 6.33 Å². The number of nitrogens with zero attached hydrogens (tertiary/aromatic N) is 3. The third-order valence-electron chi connectivity index (χ3n) is 3.71. The van der Waals surface area contributed by atoms with Crippen molar-refractivity contribution in [3.8, 4) is 0 Å². The minimum atomic E-state index is -0.116. The van der Waals surface area contributed by atoms with E-state index in [9.17, 15) is 0 Å². The van der Waals surface area contributed by atoms with Gasteiger partial charge in [0.05, 0.1) is 11.1 Å². The molecule has 0 unspecified atom stereocenters. The molecule has 0 spiro atoms. The average molecular weight is 366 g/mol. The molecule has 3 N–H and O–H groups in total. The molecule has 0 aliphatic rings. The lowest BCUT2D eigenvalue weighted by atomic mass is 10.1. The predicted octanol–water partition coefficient (Wildman–Crippen LogP) is 4.50. The number of anilines is 1. The highest BCUT2D eigenvalue weighted by molar-refractivity contribution is 6.34. The lowest BCUT2D eigenvalue weighted by Gasteiger charge is -2.21. The zero-order valence-corrected chi connectivity index (χ0v) is 15.5. The number of aryl methyl sites for hydroxylation is 1. The van der Waals surface area contributed by atoms with Gasteiger partial charge in [-0.3, -0.25) is 0 Å². The number of nitrogens with two attached hydrogens (primary N) is 1. The summed E-state index contributed by atoms with van der Waals surface area (Å²) in [4.78, 5) is 3.96. The van der Waals surface area contributed by atoms with E-state index in [-0.39, 0.29) is 12.0 Å². The Hall–Kier alpha value is -1.98. The first-order valence-corrected chi connectivity index (χ1v) is 8.37. The number of rotatable bonds is 6. The fourth-order valence-electron chi connectivity index (χ4n) is 2.23. The van der Waals surface area contributed by atoms with Crippen LogP contribution in [0, 0.1) is 6.92 Å².